The monoisotopic (exact) mass is 305 g/mol. The van der Waals surface area contributed by atoms with Gasteiger partial charge in [-0.1, -0.05) is 19.9 Å². The molecule has 1 aliphatic rings. The lowest BCUT2D eigenvalue weighted by Gasteiger charge is -2.21. The number of rotatable bonds is 6. The zero-order valence-electron chi connectivity index (χ0n) is 12.7. The topological polar surface area (TPSA) is 39.1 Å². The van der Waals surface area contributed by atoms with Gasteiger partial charge in [0.05, 0.1) is 30.6 Å². The third kappa shape index (κ3) is 3.66. The molecule has 0 aliphatic carbocycles. The summed E-state index contributed by atoms with van der Waals surface area (Å²) < 4.78 is 7.65. The number of anilines is 1. The predicted octanol–water partition coefficient (Wildman–Crippen LogP) is 3.93. The van der Waals surface area contributed by atoms with Crippen LogP contribution in [0.3, 0.4) is 0 Å². The van der Waals surface area contributed by atoms with Crippen molar-refractivity contribution in [2.45, 2.75) is 45.4 Å². The van der Waals surface area contributed by atoms with Gasteiger partial charge in [0.2, 0.25) is 0 Å². The van der Waals surface area contributed by atoms with Gasteiger partial charge in [-0.3, -0.25) is 4.68 Å². The van der Waals surface area contributed by atoms with E-state index in [0.717, 1.165) is 25.3 Å². The van der Waals surface area contributed by atoms with Crippen LogP contribution in [0.5, 0.6) is 0 Å². The minimum Gasteiger partial charge on any atom is -0.376 e. The average Bonchev–Trinajstić information content (AvgIpc) is 3.19. The molecule has 5 heteroatoms. The highest BCUT2D eigenvalue weighted by Crippen LogP contribution is 2.29. The first-order valence-corrected chi connectivity index (χ1v) is 8.54. The van der Waals surface area contributed by atoms with E-state index < -0.39 is 0 Å². The third-order valence-electron chi connectivity index (χ3n) is 3.89. The average molecular weight is 305 g/mol. The Labute approximate surface area is 130 Å². The minimum atomic E-state index is 0.330. The van der Waals surface area contributed by atoms with Gasteiger partial charge in [-0.2, -0.15) is 5.10 Å². The second-order valence-corrected chi connectivity index (χ2v) is 6.95. The number of nitrogens with zero attached hydrogens (tertiary/aromatic N) is 2. The first-order valence-electron chi connectivity index (χ1n) is 7.66. The number of hydrogen-bond acceptors (Lipinski definition) is 4. The maximum Gasteiger partial charge on any atom is 0.0771 e. The molecule has 1 N–H and O–H groups in total. The zero-order chi connectivity index (χ0) is 14.7. The van der Waals surface area contributed by atoms with Crippen molar-refractivity contribution >= 4 is 17.0 Å². The lowest BCUT2D eigenvalue weighted by Crippen LogP contribution is -2.16. The largest absolute Gasteiger partial charge is 0.376 e. The van der Waals surface area contributed by atoms with Crippen LogP contribution < -0.4 is 5.32 Å². The quantitative estimate of drug-likeness (QED) is 0.879. The molecule has 1 aliphatic heterocycles. The lowest BCUT2D eigenvalue weighted by molar-refractivity contribution is 0.0940. The molecule has 0 radical (unpaired) electrons. The van der Waals surface area contributed by atoms with Crippen LogP contribution in [0.25, 0.3) is 0 Å². The number of hydrogen-bond donors (Lipinski definition) is 1. The van der Waals surface area contributed by atoms with Crippen LogP contribution in [0.1, 0.15) is 37.6 Å². The second-order valence-electron chi connectivity index (χ2n) is 5.97. The normalized spacial score (nSPS) is 20.0. The summed E-state index contributed by atoms with van der Waals surface area (Å²) in [6.07, 6.45) is 6.65. The van der Waals surface area contributed by atoms with E-state index in [9.17, 15) is 0 Å². The number of aromatic nitrogens is 2. The van der Waals surface area contributed by atoms with E-state index in [1.165, 1.54) is 11.3 Å². The summed E-state index contributed by atoms with van der Waals surface area (Å²) in [6, 6.07) is 4.64. The molecule has 0 bridgehead atoms. The summed E-state index contributed by atoms with van der Waals surface area (Å²) in [4.78, 5) is 1.37. The second kappa shape index (κ2) is 6.62. The SMILES string of the molecule is CC(C)C(Nc1cnn(CC2CCCO2)c1)c1cccs1. The fourth-order valence-electron chi connectivity index (χ4n) is 2.75. The summed E-state index contributed by atoms with van der Waals surface area (Å²) in [6.45, 7) is 6.24. The number of thiophene rings is 1. The predicted molar refractivity (Wildman–Crippen MR) is 86.7 cm³/mol. The molecule has 21 heavy (non-hydrogen) atoms. The summed E-state index contributed by atoms with van der Waals surface area (Å²) >= 11 is 1.80. The van der Waals surface area contributed by atoms with E-state index >= 15 is 0 Å². The molecule has 3 heterocycles. The molecule has 114 valence electrons. The third-order valence-corrected chi connectivity index (χ3v) is 4.84. The Morgan fingerprint density at radius 1 is 1.52 bits per heavy atom. The molecule has 2 aromatic heterocycles. The molecule has 4 nitrogen and oxygen atoms in total. The smallest absolute Gasteiger partial charge is 0.0771 e. The van der Waals surface area contributed by atoms with Crippen LogP contribution >= 0.6 is 11.3 Å². The zero-order valence-corrected chi connectivity index (χ0v) is 13.5. The van der Waals surface area contributed by atoms with Crippen molar-refractivity contribution < 1.29 is 4.74 Å². The highest BCUT2D eigenvalue weighted by molar-refractivity contribution is 7.10. The van der Waals surface area contributed by atoms with Gasteiger partial charge in [-0.15, -0.1) is 11.3 Å². The molecule has 0 saturated carbocycles. The Morgan fingerprint density at radius 3 is 3.10 bits per heavy atom. The van der Waals surface area contributed by atoms with Crippen molar-refractivity contribution in [3.05, 3.63) is 34.8 Å². The van der Waals surface area contributed by atoms with Crippen LogP contribution in [0.15, 0.2) is 29.9 Å². The van der Waals surface area contributed by atoms with Gasteiger partial charge in [0.1, 0.15) is 0 Å². The molecule has 2 atom stereocenters. The molecule has 3 rings (SSSR count). The summed E-state index contributed by atoms with van der Waals surface area (Å²) in [5, 5.41) is 10.2. The maximum atomic E-state index is 5.66. The first-order chi connectivity index (χ1) is 10.2. The fraction of sp³-hybridized carbons (Fsp3) is 0.562. The first kappa shape index (κ1) is 14.6. The Bertz CT molecular complexity index is 544. The van der Waals surface area contributed by atoms with Crippen molar-refractivity contribution in [3.8, 4) is 0 Å². The Morgan fingerprint density at radius 2 is 2.43 bits per heavy atom. The molecular formula is C16H23N3OS. The van der Waals surface area contributed by atoms with Gasteiger partial charge in [0.15, 0.2) is 0 Å². The molecule has 0 aromatic carbocycles. The van der Waals surface area contributed by atoms with Crippen molar-refractivity contribution in [1.29, 1.82) is 0 Å². The van der Waals surface area contributed by atoms with E-state index in [2.05, 4.69) is 48.0 Å². The van der Waals surface area contributed by atoms with E-state index in [1.807, 2.05) is 10.9 Å². The van der Waals surface area contributed by atoms with Gasteiger partial charge in [-0.05, 0) is 30.2 Å². The van der Waals surface area contributed by atoms with E-state index in [0.29, 0.717) is 18.1 Å². The summed E-state index contributed by atoms with van der Waals surface area (Å²) in [7, 11) is 0. The molecule has 2 unspecified atom stereocenters. The molecule has 0 amide bonds. The molecule has 0 spiro atoms. The van der Waals surface area contributed by atoms with Crippen LogP contribution in [0, 0.1) is 5.92 Å². The molecule has 1 saturated heterocycles. The van der Waals surface area contributed by atoms with Crippen molar-refractivity contribution in [3.63, 3.8) is 0 Å². The highest BCUT2D eigenvalue weighted by Gasteiger charge is 2.19. The Kier molecular flexibility index (Phi) is 4.60. The van der Waals surface area contributed by atoms with Gasteiger partial charge in [0.25, 0.3) is 0 Å². The number of nitrogens with one attached hydrogen (secondary N) is 1. The van der Waals surface area contributed by atoms with E-state index in [1.54, 1.807) is 11.3 Å². The van der Waals surface area contributed by atoms with Crippen molar-refractivity contribution in [2.75, 3.05) is 11.9 Å². The van der Waals surface area contributed by atoms with Crippen LogP contribution in [0.2, 0.25) is 0 Å². The van der Waals surface area contributed by atoms with Crippen molar-refractivity contribution in [1.82, 2.24) is 9.78 Å². The minimum absolute atomic E-state index is 0.330. The van der Waals surface area contributed by atoms with Crippen molar-refractivity contribution in [2.24, 2.45) is 5.92 Å². The van der Waals surface area contributed by atoms with Crippen LogP contribution in [0.4, 0.5) is 5.69 Å². The number of ether oxygens (including phenoxy) is 1. The summed E-state index contributed by atoms with van der Waals surface area (Å²) in [5.74, 6) is 0.533. The molecule has 1 fully saturated rings. The van der Waals surface area contributed by atoms with Gasteiger partial charge >= 0.3 is 0 Å². The van der Waals surface area contributed by atoms with Gasteiger partial charge in [-0.25, -0.2) is 0 Å². The van der Waals surface area contributed by atoms with E-state index in [-0.39, 0.29) is 0 Å². The Hall–Kier alpha value is -1.33. The Balaban J connectivity index is 1.65. The fourth-order valence-corrected chi connectivity index (χ4v) is 3.70. The highest BCUT2D eigenvalue weighted by atomic mass is 32.1. The maximum absolute atomic E-state index is 5.66. The van der Waals surface area contributed by atoms with E-state index in [4.69, 9.17) is 4.74 Å². The lowest BCUT2D eigenvalue weighted by atomic mass is 10.0. The molecule has 2 aromatic rings. The molecular weight excluding hydrogens is 282 g/mol. The van der Waals surface area contributed by atoms with Gasteiger partial charge in [0, 0.05) is 17.7 Å². The van der Waals surface area contributed by atoms with Crippen LogP contribution in [-0.4, -0.2) is 22.5 Å². The standard InChI is InChI=1S/C16H23N3OS/c1-12(2)16(15-6-4-8-21-15)18-13-9-17-19(10-13)11-14-5-3-7-20-14/h4,6,8-10,12,14,16,18H,3,5,7,11H2,1-2H3. The summed E-state index contributed by atoms with van der Waals surface area (Å²) in [5.41, 5.74) is 1.08. The van der Waals surface area contributed by atoms with Gasteiger partial charge < -0.3 is 10.1 Å². The van der Waals surface area contributed by atoms with Crippen LogP contribution in [-0.2, 0) is 11.3 Å².